The highest BCUT2D eigenvalue weighted by molar-refractivity contribution is 5.98. The Balaban J connectivity index is 1.63. The lowest BCUT2D eigenvalue weighted by Gasteiger charge is -2.16. The summed E-state index contributed by atoms with van der Waals surface area (Å²) in [7, 11) is 1.53. The number of methoxy groups -OCH3 is 1. The number of rotatable bonds is 8. The molecule has 2 N–H and O–H groups in total. The monoisotopic (exact) mass is 396 g/mol. The zero-order chi connectivity index (χ0) is 20.8. The van der Waals surface area contributed by atoms with E-state index in [1.54, 1.807) is 24.3 Å². The molecular formula is C21H20N2O6. The van der Waals surface area contributed by atoms with Gasteiger partial charge in [-0.15, -0.1) is 0 Å². The number of fused-ring (bicyclic) bond motifs is 1. The van der Waals surface area contributed by atoms with Gasteiger partial charge in [0.1, 0.15) is 11.3 Å². The number of nitrogens with zero attached hydrogens (tertiary/aromatic N) is 1. The molecule has 29 heavy (non-hydrogen) atoms. The van der Waals surface area contributed by atoms with Crippen molar-refractivity contribution in [1.29, 1.82) is 5.26 Å². The smallest absolute Gasteiger partial charge is 0.328 e. The Hall–Kier alpha value is -3.57. The van der Waals surface area contributed by atoms with Gasteiger partial charge >= 0.3 is 5.97 Å². The minimum atomic E-state index is -1.26. The Morgan fingerprint density at radius 2 is 2.21 bits per heavy atom. The summed E-state index contributed by atoms with van der Waals surface area (Å²) in [6, 6.07) is 7.47. The SMILES string of the molecule is COc1ccc2oc(C(=O)N[C@@H](COCC3=C(C#N)CCC=C3)C(=O)O)cc2c1. The predicted octanol–water partition coefficient (Wildman–Crippen LogP) is 2.81. The Bertz CT molecular complexity index is 1030. The number of nitriles is 1. The molecule has 0 fully saturated rings. The van der Waals surface area contributed by atoms with E-state index in [-0.39, 0.29) is 19.0 Å². The van der Waals surface area contributed by atoms with Crippen LogP contribution in [0, 0.1) is 11.3 Å². The maximum atomic E-state index is 12.4. The zero-order valence-electron chi connectivity index (χ0n) is 15.8. The fraction of sp³-hybridized carbons (Fsp3) is 0.286. The molecule has 0 bridgehead atoms. The van der Waals surface area contributed by atoms with Crippen molar-refractivity contribution in [3.8, 4) is 11.8 Å². The number of carboxylic acids is 1. The first-order chi connectivity index (χ1) is 14.0. The summed E-state index contributed by atoms with van der Waals surface area (Å²) in [5.74, 6) is -1.29. The van der Waals surface area contributed by atoms with Crippen molar-refractivity contribution in [2.24, 2.45) is 0 Å². The summed E-state index contributed by atoms with van der Waals surface area (Å²) in [6.45, 7) is -0.144. The van der Waals surface area contributed by atoms with Crippen LogP contribution in [0.5, 0.6) is 5.75 Å². The van der Waals surface area contributed by atoms with Crippen LogP contribution in [0.15, 0.2) is 52.0 Å². The lowest BCUT2D eigenvalue weighted by Crippen LogP contribution is -2.44. The van der Waals surface area contributed by atoms with Gasteiger partial charge in [0.2, 0.25) is 0 Å². The van der Waals surface area contributed by atoms with Gasteiger partial charge < -0.3 is 24.3 Å². The van der Waals surface area contributed by atoms with Crippen LogP contribution in [-0.4, -0.2) is 43.3 Å². The lowest BCUT2D eigenvalue weighted by molar-refractivity contribution is -0.140. The maximum Gasteiger partial charge on any atom is 0.328 e. The molecule has 0 saturated carbocycles. The van der Waals surface area contributed by atoms with E-state index in [0.717, 1.165) is 12.0 Å². The average molecular weight is 396 g/mol. The summed E-state index contributed by atoms with van der Waals surface area (Å²) in [6.07, 6.45) is 5.18. The molecule has 1 heterocycles. The van der Waals surface area contributed by atoms with Gasteiger partial charge in [0.05, 0.1) is 26.4 Å². The van der Waals surface area contributed by atoms with Gasteiger partial charge in [-0.2, -0.15) is 5.26 Å². The van der Waals surface area contributed by atoms with Crippen molar-refractivity contribution in [3.63, 3.8) is 0 Å². The van der Waals surface area contributed by atoms with Crippen LogP contribution in [0.2, 0.25) is 0 Å². The summed E-state index contributed by atoms with van der Waals surface area (Å²) in [5.41, 5.74) is 1.83. The van der Waals surface area contributed by atoms with Crippen molar-refractivity contribution in [1.82, 2.24) is 5.32 Å². The third-order valence-electron chi connectivity index (χ3n) is 4.50. The molecule has 150 valence electrons. The van der Waals surface area contributed by atoms with Crippen LogP contribution >= 0.6 is 0 Å². The Morgan fingerprint density at radius 1 is 1.38 bits per heavy atom. The summed E-state index contributed by atoms with van der Waals surface area (Å²) >= 11 is 0. The quantitative estimate of drug-likeness (QED) is 0.703. The largest absolute Gasteiger partial charge is 0.497 e. The van der Waals surface area contributed by atoms with Crippen LogP contribution in [0.4, 0.5) is 0 Å². The van der Waals surface area contributed by atoms with E-state index in [1.807, 2.05) is 6.08 Å². The lowest BCUT2D eigenvalue weighted by atomic mass is 9.99. The van der Waals surface area contributed by atoms with Gasteiger partial charge in [-0.3, -0.25) is 4.79 Å². The minimum Gasteiger partial charge on any atom is -0.497 e. The topological polar surface area (TPSA) is 122 Å². The van der Waals surface area contributed by atoms with E-state index < -0.39 is 17.9 Å². The number of carbonyl (C=O) groups is 2. The second kappa shape index (κ2) is 9.08. The molecule has 2 aromatic rings. The summed E-state index contributed by atoms with van der Waals surface area (Å²) in [5, 5.41) is 21.6. The van der Waals surface area contributed by atoms with Crippen LogP contribution < -0.4 is 10.1 Å². The fourth-order valence-corrected chi connectivity index (χ4v) is 2.93. The molecule has 1 atom stereocenters. The first kappa shape index (κ1) is 20.2. The van der Waals surface area contributed by atoms with Crippen molar-refractivity contribution < 1.29 is 28.6 Å². The van der Waals surface area contributed by atoms with E-state index in [0.29, 0.717) is 28.7 Å². The molecule has 1 amide bonds. The molecule has 0 aliphatic heterocycles. The first-order valence-electron chi connectivity index (χ1n) is 8.99. The molecule has 0 saturated heterocycles. The number of nitrogens with one attached hydrogen (secondary N) is 1. The number of furan rings is 1. The second-order valence-electron chi connectivity index (χ2n) is 6.45. The Morgan fingerprint density at radius 3 is 2.93 bits per heavy atom. The maximum absolute atomic E-state index is 12.4. The Labute approximate surface area is 167 Å². The highest BCUT2D eigenvalue weighted by atomic mass is 16.5. The van der Waals surface area contributed by atoms with Gasteiger partial charge in [-0.25, -0.2) is 4.79 Å². The number of allylic oxidation sites excluding steroid dienone is 2. The highest BCUT2D eigenvalue weighted by Crippen LogP contribution is 2.24. The molecule has 0 unspecified atom stereocenters. The minimum absolute atomic E-state index is 0.0100. The number of ether oxygens (including phenoxy) is 2. The van der Waals surface area contributed by atoms with E-state index in [1.165, 1.54) is 13.2 Å². The number of benzene rings is 1. The fourth-order valence-electron chi connectivity index (χ4n) is 2.93. The number of aliphatic carboxylic acids is 1. The Kier molecular flexibility index (Phi) is 6.32. The molecule has 8 nitrogen and oxygen atoms in total. The van der Waals surface area contributed by atoms with Gasteiger partial charge in [0, 0.05) is 11.0 Å². The molecule has 1 aliphatic carbocycles. The van der Waals surface area contributed by atoms with Crippen LogP contribution in [0.3, 0.4) is 0 Å². The third kappa shape index (κ3) is 4.83. The summed E-state index contributed by atoms with van der Waals surface area (Å²) < 4.78 is 16.1. The molecule has 3 rings (SSSR count). The number of carboxylic acid groups (broad SMARTS) is 1. The molecular weight excluding hydrogens is 376 g/mol. The molecule has 0 radical (unpaired) electrons. The molecule has 1 aromatic heterocycles. The summed E-state index contributed by atoms with van der Waals surface area (Å²) in [4.78, 5) is 23.9. The van der Waals surface area contributed by atoms with Gasteiger partial charge in [-0.1, -0.05) is 12.2 Å². The standard InChI is InChI=1S/C21H20N2O6/c1-27-16-6-7-18-15(8-16)9-19(29-18)20(24)23-17(21(25)26)12-28-11-14-5-3-2-4-13(14)10-22/h3,5-9,17H,2,4,11-12H2,1H3,(H,23,24)(H,25,26)/t17-/m0/s1. The van der Waals surface area contributed by atoms with Crippen LogP contribution in [0.1, 0.15) is 23.4 Å². The van der Waals surface area contributed by atoms with E-state index in [2.05, 4.69) is 11.4 Å². The third-order valence-corrected chi connectivity index (χ3v) is 4.50. The second-order valence-corrected chi connectivity index (χ2v) is 6.45. The molecule has 8 heteroatoms. The average Bonchev–Trinajstić information content (AvgIpc) is 3.16. The normalized spacial score (nSPS) is 14.5. The molecule has 1 aromatic carbocycles. The van der Waals surface area contributed by atoms with Gasteiger partial charge in [0.15, 0.2) is 11.8 Å². The predicted molar refractivity (Wildman–Crippen MR) is 103 cm³/mol. The number of amides is 1. The van der Waals surface area contributed by atoms with Crippen LogP contribution in [-0.2, 0) is 9.53 Å². The van der Waals surface area contributed by atoms with Crippen molar-refractivity contribution in [3.05, 3.63) is 53.3 Å². The first-order valence-corrected chi connectivity index (χ1v) is 8.99. The van der Waals surface area contributed by atoms with Crippen LogP contribution in [0.25, 0.3) is 11.0 Å². The van der Waals surface area contributed by atoms with Crippen molar-refractivity contribution >= 4 is 22.8 Å². The van der Waals surface area contributed by atoms with E-state index >= 15 is 0 Å². The number of hydrogen-bond acceptors (Lipinski definition) is 6. The molecule has 1 aliphatic rings. The zero-order valence-corrected chi connectivity index (χ0v) is 15.8. The number of carbonyl (C=O) groups excluding carboxylic acids is 1. The van der Waals surface area contributed by atoms with Gasteiger partial charge in [-0.05, 0) is 42.7 Å². The highest BCUT2D eigenvalue weighted by Gasteiger charge is 2.23. The van der Waals surface area contributed by atoms with E-state index in [9.17, 15) is 14.7 Å². The molecule has 0 spiro atoms. The van der Waals surface area contributed by atoms with Crippen molar-refractivity contribution in [2.75, 3.05) is 20.3 Å². The van der Waals surface area contributed by atoms with Crippen molar-refractivity contribution in [2.45, 2.75) is 18.9 Å². The van der Waals surface area contributed by atoms with Gasteiger partial charge in [0.25, 0.3) is 5.91 Å². The van der Waals surface area contributed by atoms with E-state index in [4.69, 9.17) is 19.2 Å². The number of hydrogen-bond donors (Lipinski definition) is 2.